The van der Waals surface area contributed by atoms with E-state index in [1.54, 1.807) is 16.7 Å². The molecular formula is C19H17BrFNO. The molecule has 118 valence electrons. The quantitative estimate of drug-likeness (QED) is 0.546. The number of rotatable bonds is 2. The first kappa shape index (κ1) is 15.9. The van der Waals surface area contributed by atoms with E-state index in [0.29, 0.717) is 5.39 Å². The molecule has 2 nitrogen and oxygen atoms in total. The lowest BCUT2D eigenvalue weighted by molar-refractivity contribution is 0.571. The zero-order valence-corrected chi connectivity index (χ0v) is 14.8. The molecule has 0 aliphatic rings. The molecule has 3 rings (SSSR count). The molecule has 1 heterocycles. The fourth-order valence-corrected chi connectivity index (χ4v) is 3.96. The van der Waals surface area contributed by atoms with E-state index in [1.807, 2.05) is 39.0 Å². The number of hydrogen-bond acceptors (Lipinski definition) is 1. The molecule has 0 radical (unpaired) electrons. The zero-order valence-electron chi connectivity index (χ0n) is 13.2. The van der Waals surface area contributed by atoms with Crippen molar-refractivity contribution in [2.75, 3.05) is 0 Å². The standard InChI is InChI=1S/C19H17BrFNO/c1-11(2)22-18(20)17(13-7-9-14(21)10-8-13)16-12(3)5-4-6-15(16)19(22)23/h4-11H,1-3H3. The third-order valence-corrected chi connectivity index (χ3v) is 4.82. The van der Waals surface area contributed by atoms with Gasteiger partial charge >= 0.3 is 0 Å². The fourth-order valence-electron chi connectivity index (χ4n) is 2.96. The molecular weight excluding hydrogens is 357 g/mol. The Morgan fingerprint density at radius 1 is 1.09 bits per heavy atom. The molecule has 0 saturated heterocycles. The minimum atomic E-state index is -0.275. The third kappa shape index (κ3) is 2.61. The summed E-state index contributed by atoms with van der Waals surface area (Å²) in [4.78, 5) is 12.9. The van der Waals surface area contributed by atoms with Crippen LogP contribution < -0.4 is 5.56 Å². The summed E-state index contributed by atoms with van der Waals surface area (Å²) in [6.45, 7) is 5.94. The Morgan fingerprint density at radius 3 is 2.35 bits per heavy atom. The Morgan fingerprint density at radius 2 is 1.74 bits per heavy atom. The summed E-state index contributed by atoms with van der Waals surface area (Å²) in [5, 5.41) is 1.59. The van der Waals surface area contributed by atoms with Crippen LogP contribution in [-0.2, 0) is 0 Å². The van der Waals surface area contributed by atoms with E-state index in [-0.39, 0.29) is 17.4 Å². The van der Waals surface area contributed by atoms with Crippen LogP contribution in [0.4, 0.5) is 4.39 Å². The van der Waals surface area contributed by atoms with Crippen molar-refractivity contribution in [3.8, 4) is 11.1 Å². The molecule has 0 fully saturated rings. The zero-order chi connectivity index (χ0) is 16.7. The van der Waals surface area contributed by atoms with E-state index in [2.05, 4.69) is 15.9 Å². The Bertz CT molecular complexity index is 942. The molecule has 0 bridgehead atoms. The van der Waals surface area contributed by atoms with Crippen LogP contribution in [0, 0.1) is 12.7 Å². The molecule has 0 saturated carbocycles. The fraction of sp³-hybridized carbons (Fsp3) is 0.211. The molecule has 2 aromatic carbocycles. The molecule has 0 aliphatic carbocycles. The van der Waals surface area contributed by atoms with Gasteiger partial charge in [-0.3, -0.25) is 9.36 Å². The van der Waals surface area contributed by atoms with Gasteiger partial charge < -0.3 is 0 Å². The number of benzene rings is 2. The van der Waals surface area contributed by atoms with E-state index >= 15 is 0 Å². The first-order valence-corrected chi connectivity index (χ1v) is 8.30. The first-order valence-electron chi connectivity index (χ1n) is 7.51. The van der Waals surface area contributed by atoms with Crippen molar-refractivity contribution in [2.24, 2.45) is 0 Å². The van der Waals surface area contributed by atoms with Crippen molar-refractivity contribution in [1.82, 2.24) is 4.57 Å². The number of aryl methyl sites for hydroxylation is 1. The van der Waals surface area contributed by atoms with Gasteiger partial charge in [-0.1, -0.05) is 24.3 Å². The molecule has 1 aromatic heterocycles. The van der Waals surface area contributed by atoms with Gasteiger partial charge in [0.05, 0.1) is 4.60 Å². The van der Waals surface area contributed by atoms with Crippen molar-refractivity contribution >= 4 is 26.7 Å². The van der Waals surface area contributed by atoms with Crippen LogP contribution in [0.5, 0.6) is 0 Å². The number of hydrogen-bond donors (Lipinski definition) is 0. The molecule has 23 heavy (non-hydrogen) atoms. The van der Waals surface area contributed by atoms with Gasteiger partial charge in [-0.05, 0) is 66.0 Å². The summed E-state index contributed by atoms with van der Waals surface area (Å²) in [6, 6.07) is 12.1. The second kappa shape index (κ2) is 5.93. The van der Waals surface area contributed by atoms with Crippen LogP contribution in [-0.4, -0.2) is 4.57 Å². The molecule has 0 N–H and O–H groups in total. The van der Waals surface area contributed by atoms with Crippen LogP contribution >= 0.6 is 15.9 Å². The van der Waals surface area contributed by atoms with E-state index in [1.165, 1.54) is 12.1 Å². The predicted molar refractivity (Wildman–Crippen MR) is 96.4 cm³/mol. The van der Waals surface area contributed by atoms with Crippen LogP contribution in [0.15, 0.2) is 51.9 Å². The lowest BCUT2D eigenvalue weighted by atomic mass is 9.97. The largest absolute Gasteiger partial charge is 0.299 e. The van der Waals surface area contributed by atoms with Crippen molar-refractivity contribution in [2.45, 2.75) is 26.8 Å². The average molecular weight is 374 g/mol. The molecule has 0 aliphatic heterocycles. The summed E-state index contributed by atoms with van der Waals surface area (Å²) < 4.78 is 15.8. The van der Waals surface area contributed by atoms with E-state index in [4.69, 9.17) is 0 Å². The summed E-state index contributed by atoms with van der Waals surface area (Å²) in [5.74, 6) is -0.275. The summed E-state index contributed by atoms with van der Waals surface area (Å²) in [5.41, 5.74) is 2.81. The number of halogens is 2. The smallest absolute Gasteiger partial charge is 0.259 e. The van der Waals surface area contributed by atoms with Gasteiger partial charge in [0.25, 0.3) is 5.56 Å². The first-order chi connectivity index (χ1) is 10.9. The van der Waals surface area contributed by atoms with Gasteiger partial charge in [0.15, 0.2) is 0 Å². The Labute approximate surface area is 142 Å². The molecule has 3 aromatic rings. The Hall–Kier alpha value is -1.94. The second-order valence-corrected chi connectivity index (χ2v) is 6.69. The molecule has 0 unspecified atom stereocenters. The van der Waals surface area contributed by atoms with Gasteiger partial charge in [-0.15, -0.1) is 0 Å². The molecule has 4 heteroatoms. The highest BCUT2D eigenvalue weighted by molar-refractivity contribution is 9.10. The van der Waals surface area contributed by atoms with Gasteiger partial charge in [0.1, 0.15) is 5.82 Å². The predicted octanol–water partition coefficient (Wildman–Crippen LogP) is 5.46. The topological polar surface area (TPSA) is 22.0 Å². The van der Waals surface area contributed by atoms with Crippen LogP contribution in [0.3, 0.4) is 0 Å². The van der Waals surface area contributed by atoms with Gasteiger partial charge in [-0.25, -0.2) is 4.39 Å². The summed E-state index contributed by atoms with van der Waals surface area (Å²) >= 11 is 3.61. The summed E-state index contributed by atoms with van der Waals surface area (Å²) in [6.07, 6.45) is 0. The maximum absolute atomic E-state index is 13.3. The molecule has 0 amide bonds. The highest BCUT2D eigenvalue weighted by atomic mass is 79.9. The van der Waals surface area contributed by atoms with E-state index in [0.717, 1.165) is 26.7 Å². The van der Waals surface area contributed by atoms with Gasteiger partial charge in [0, 0.05) is 22.4 Å². The number of pyridine rings is 1. The van der Waals surface area contributed by atoms with Crippen molar-refractivity contribution in [1.29, 1.82) is 0 Å². The number of nitrogens with zero attached hydrogens (tertiary/aromatic N) is 1. The van der Waals surface area contributed by atoms with Crippen molar-refractivity contribution < 1.29 is 4.39 Å². The normalized spacial score (nSPS) is 11.4. The maximum atomic E-state index is 13.3. The van der Waals surface area contributed by atoms with Crippen molar-refractivity contribution in [3.63, 3.8) is 0 Å². The highest BCUT2D eigenvalue weighted by Gasteiger charge is 2.19. The van der Waals surface area contributed by atoms with E-state index < -0.39 is 0 Å². The number of aromatic nitrogens is 1. The maximum Gasteiger partial charge on any atom is 0.259 e. The van der Waals surface area contributed by atoms with Gasteiger partial charge in [-0.2, -0.15) is 0 Å². The number of fused-ring (bicyclic) bond motifs is 1. The summed E-state index contributed by atoms with van der Waals surface area (Å²) in [7, 11) is 0. The average Bonchev–Trinajstić information content (AvgIpc) is 2.50. The monoisotopic (exact) mass is 373 g/mol. The third-order valence-electron chi connectivity index (χ3n) is 4.04. The SMILES string of the molecule is Cc1cccc2c(=O)n(C(C)C)c(Br)c(-c3ccc(F)cc3)c12. The lowest BCUT2D eigenvalue weighted by Gasteiger charge is -2.20. The molecule has 0 atom stereocenters. The minimum absolute atomic E-state index is 0.0148. The molecule has 0 spiro atoms. The Kier molecular flexibility index (Phi) is 4.11. The van der Waals surface area contributed by atoms with Crippen LogP contribution in [0.25, 0.3) is 21.9 Å². The Balaban J connectivity index is 2.53. The van der Waals surface area contributed by atoms with Crippen LogP contribution in [0.2, 0.25) is 0 Å². The van der Waals surface area contributed by atoms with Gasteiger partial charge in [0.2, 0.25) is 0 Å². The minimum Gasteiger partial charge on any atom is -0.299 e. The second-order valence-electron chi connectivity index (χ2n) is 5.94. The lowest BCUT2D eigenvalue weighted by Crippen LogP contribution is -2.24. The van der Waals surface area contributed by atoms with E-state index in [9.17, 15) is 9.18 Å². The van der Waals surface area contributed by atoms with Crippen molar-refractivity contribution in [3.05, 3.63) is 68.8 Å². The van der Waals surface area contributed by atoms with Crippen LogP contribution in [0.1, 0.15) is 25.5 Å². The highest BCUT2D eigenvalue weighted by Crippen LogP contribution is 2.36.